The molecule has 0 saturated heterocycles. The smallest absolute Gasteiger partial charge is 0.139 e. The molecule has 0 unspecified atom stereocenters. The zero-order valence-electron chi connectivity index (χ0n) is 8.26. The van der Waals surface area contributed by atoms with Crippen molar-refractivity contribution >= 4 is 5.78 Å². The monoisotopic (exact) mass is 169 g/mol. The Hall–Kier alpha value is -0.630. The second kappa shape index (κ2) is 7.04. The van der Waals surface area contributed by atoms with E-state index in [2.05, 4.69) is 12.2 Å². The van der Waals surface area contributed by atoms with Gasteiger partial charge in [-0.1, -0.05) is 32.9 Å². The van der Waals surface area contributed by atoms with Gasteiger partial charge in [0, 0.05) is 18.9 Å². The van der Waals surface area contributed by atoms with E-state index in [0.717, 1.165) is 13.1 Å². The molecule has 12 heavy (non-hydrogen) atoms. The number of carbonyl (C=O) groups is 1. The predicted octanol–water partition coefficient (Wildman–Crippen LogP) is 1.77. The fraction of sp³-hybridized carbons (Fsp3) is 0.700. The quantitative estimate of drug-likeness (QED) is 0.485. The summed E-state index contributed by atoms with van der Waals surface area (Å²) in [6.07, 6.45) is 4.51. The molecule has 0 amide bonds. The number of likely N-dealkylation sites (N-methyl/N-ethyl adjacent to an activating group) is 1. The van der Waals surface area contributed by atoms with Gasteiger partial charge in [0.2, 0.25) is 0 Å². The average Bonchev–Trinajstić information content (AvgIpc) is 2.03. The van der Waals surface area contributed by atoms with Gasteiger partial charge in [0.25, 0.3) is 0 Å². The Kier molecular flexibility index (Phi) is 6.67. The first-order valence-electron chi connectivity index (χ1n) is 4.57. The van der Waals surface area contributed by atoms with Crippen LogP contribution in [0, 0.1) is 5.92 Å². The summed E-state index contributed by atoms with van der Waals surface area (Å²) in [5.74, 6) is 0.469. The maximum atomic E-state index is 11.1. The van der Waals surface area contributed by atoms with Crippen molar-refractivity contribution in [2.24, 2.45) is 5.92 Å². The summed E-state index contributed by atoms with van der Waals surface area (Å²) in [6, 6.07) is 0. The molecule has 2 heteroatoms. The molecular formula is C10H19NO. The van der Waals surface area contributed by atoms with E-state index in [1.807, 2.05) is 26.0 Å². The molecule has 0 aliphatic heterocycles. The molecular weight excluding hydrogens is 150 g/mol. The summed E-state index contributed by atoms with van der Waals surface area (Å²) in [7, 11) is 0. The number of nitrogens with one attached hydrogen (secondary N) is 1. The maximum Gasteiger partial charge on any atom is 0.139 e. The van der Waals surface area contributed by atoms with Gasteiger partial charge in [-0.25, -0.2) is 0 Å². The van der Waals surface area contributed by atoms with Gasteiger partial charge >= 0.3 is 0 Å². The molecule has 0 bridgehead atoms. The number of ketones is 1. The van der Waals surface area contributed by atoms with Crippen molar-refractivity contribution < 1.29 is 4.79 Å². The van der Waals surface area contributed by atoms with E-state index in [4.69, 9.17) is 0 Å². The van der Waals surface area contributed by atoms with Gasteiger partial charge in [-0.05, 0) is 6.54 Å². The molecule has 1 N–H and O–H groups in total. The topological polar surface area (TPSA) is 29.1 Å². The molecule has 0 radical (unpaired) electrons. The van der Waals surface area contributed by atoms with Crippen LogP contribution in [-0.2, 0) is 4.79 Å². The Balaban J connectivity index is 3.40. The minimum Gasteiger partial charge on any atom is -0.314 e. The van der Waals surface area contributed by atoms with E-state index < -0.39 is 0 Å². The molecule has 0 saturated carbocycles. The summed E-state index contributed by atoms with van der Waals surface area (Å²) >= 11 is 0. The number of allylic oxidation sites excluding steroid dienone is 1. The van der Waals surface area contributed by atoms with Gasteiger partial charge in [-0.15, -0.1) is 0 Å². The van der Waals surface area contributed by atoms with Gasteiger partial charge < -0.3 is 5.32 Å². The minimum atomic E-state index is 0.161. The highest BCUT2D eigenvalue weighted by Crippen LogP contribution is 1.98. The lowest BCUT2D eigenvalue weighted by Crippen LogP contribution is -2.12. The van der Waals surface area contributed by atoms with Crippen LogP contribution in [0.5, 0.6) is 0 Å². The predicted molar refractivity (Wildman–Crippen MR) is 52.1 cm³/mol. The van der Waals surface area contributed by atoms with Crippen LogP contribution in [0.25, 0.3) is 0 Å². The van der Waals surface area contributed by atoms with E-state index in [-0.39, 0.29) is 5.92 Å². The second-order valence-corrected chi connectivity index (χ2v) is 3.10. The van der Waals surface area contributed by atoms with Gasteiger partial charge in [-0.3, -0.25) is 4.79 Å². The van der Waals surface area contributed by atoms with Crippen molar-refractivity contribution in [2.45, 2.75) is 27.2 Å². The fourth-order valence-electron chi connectivity index (χ4n) is 0.746. The SMILES string of the molecule is CCNC/C=C/CC(=O)C(C)C. The summed E-state index contributed by atoms with van der Waals surface area (Å²) in [4.78, 5) is 11.1. The molecule has 0 aromatic rings. The number of rotatable bonds is 6. The van der Waals surface area contributed by atoms with Crippen LogP contribution < -0.4 is 5.32 Å². The Morgan fingerprint density at radius 3 is 2.58 bits per heavy atom. The zero-order valence-corrected chi connectivity index (χ0v) is 8.26. The van der Waals surface area contributed by atoms with Gasteiger partial charge in [0.1, 0.15) is 5.78 Å². The Morgan fingerprint density at radius 1 is 1.42 bits per heavy atom. The van der Waals surface area contributed by atoms with E-state index in [1.165, 1.54) is 0 Å². The number of Topliss-reactive ketones (excluding diaryl/α,β-unsaturated/α-hetero) is 1. The molecule has 70 valence electrons. The van der Waals surface area contributed by atoms with Crippen LogP contribution in [0.1, 0.15) is 27.2 Å². The van der Waals surface area contributed by atoms with E-state index in [1.54, 1.807) is 0 Å². The lowest BCUT2D eigenvalue weighted by atomic mass is 10.1. The number of carbonyl (C=O) groups excluding carboxylic acids is 1. The highest BCUT2D eigenvalue weighted by molar-refractivity contribution is 5.81. The molecule has 0 spiro atoms. The molecule has 0 aromatic carbocycles. The van der Waals surface area contributed by atoms with Crippen LogP contribution in [-0.4, -0.2) is 18.9 Å². The highest BCUT2D eigenvalue weighted by Gasteiger charge is 2.02. The second-order valence-electron chi connectivity index (χ2n) is 3.10. The molecule has 0 heterocycles. The summed E-state index contributed by atoms with van der Waals surface area (Å²) < 4.78 is 0. The van der Waals surface area contributed by atoms with E-state index in [9.17, 15) is 4.79 Å². The molecule has 0 aliphatic rings. The molecule has 0 aromatic heterocycles. The average molecular weight is 169 g/mol. The third kappa shape index (κ3) is 6.10. The number of hydrogen-bond acceptors (Lipinski definition) is 2. The van der Waals surface area contributed by atoms with Gasteiger partial charge in [-0.2, -0.15) is 0 Å². The molecule has 0 atom stereocenters. The lowest BCUT2D eigenvalue weighted by molar-refractivity contribution is -0.121. The van der Waals surface area contributed by atoms with Crippen molar-refractivity contribution in [3.63, 3.8) is 0 Å². The van der Waals surface area contributed by atoms with Crippen molar-refractivity contribution in [1.29, 1.82) is 0 Å². The molecule has 0 aliphatic carbocycles. The van der Waals surface area contributed by atoms with Crippen LogP contribution in [0.3, 0.4) is 0 Å². The van der Waals surface area contributed by atoms with Gasteiger partial charge in [0.15, 0.2) is 0 Å². The first-order chi connectivity index (χ1) is 5.68. The van der Waals surface area contributed by atoms with Crippen molar-refractivity contribution in [3.8, 4) is 0 Å². The Morgan fingerprint density at radius 2 is 2.08 bits per heavy atom. The summed E-state index contributed by atoms with van der Waals surface area (Å²) in [5, 5.41) is 3.15. The minimum absolute atomic E-state index is 0.161. The summed E-state index contributed by atoms with van der Waals surface area (Å²) in [5.41, 5.74) is 0. The normalized spacial score (nSPS) is 11.3. The zero-order chi connectivity index (χ0) is 9.40. The first kappa shape index (κ1) is 11.4. The van der Waals surface area contributed by atoms with Crippen LogP contribution in [0.2, 0.25) is 0 Å². The molecule has 2 nitrogen and oxygen atoms in total. The summed E-state index contributed by atoms with van der Waals surface area (Å²) in [6.45, 7) is 7.76. The third-order valence-electron chi connectivity index (χ3n) is 1.64. The highest BCUT2D eigenvalue weighted by atomic mass is 16.1. The van der Waals surface area contributed by atoms with E-state index in [0.29, 0.717) is 12.2 Å². The van der Waals surface area contributed by atoms with E-state index >= 15 is 0 Å². The third-order valence-corrected chi connectivity index (χ3v) is 1.64. The van der Waals surface area contributed by atoms with Crippen LogP contribution >= 0.6 is 0 Å². The lowest BCUT2D eigenvalue weighted by Gasteiger charge is -1.98. The standard InChI is InChI=1S/C10H19NO/c1-4-11-8-6-5-7-10(12)9(2)3/h5-6,9,11H,4,7-8H2,1-3H3/b6-5+. The van der Waals surface area contributed by atoms with Crippen LogP contribution in [0.4, 0.5) is 0 Å². The molecule has 0 fully saturated rings. The van der Waals surface area contributed by atoms with Crippen molar-refractivity contribution in [2.75, 3.05) is 13.1 Å². The number of hydrogen-bond donors (Lipinski definition) is 1. The Bertz CT molecular complexity index is 150. The van der Waals surface area contributed by atoms with Crippen LogP contribution in [0.15, 0.2) is 12.2 Å². The Labute approximate surface area is 75.0 Å². The van der Waals surface area contributed by atoms with Gasteiger partial charge in [0.05, 0.1) is 0 Å². The largest absolute Gasteiger partial charge is 0.314 e. The fourth-order valence-corrected chi connectivity index (χ4v) is 0.746. The maximum absolute atomic E-state index is 11.1. The van der Waals surface area contributed by atoms with Crippen molar-refractivity contribution in [3.05, 3.63) is 12.2 Å². The first-order valence-corrected chi connectivity index (χ1v) is 4.57. The molecule has 0 rings (SSSR count). The van der Waals surface area contributed by atoms with Crippen molar-refractivity contribution in [1.82, 2.24) is 5.32 Å².